The van der Waals surface area contributed by atoms with Gasteiger partial charge in [0.25, 0.3) is 5.91 Å². The van der Waals surface area contributed by atoms with Gasteiger partial charge in [0, 0.05) is 17.9 Å². The first-order valence-corrected chi connectivity index (χ1v) is 13.4. The molecule has 9 heteroatoms. The van der Waals surface area contributed by atoms with E-state index < -0.39 is 11.9 Å². The Balaban J connectivity index is 1.47. The van der Waals surface area contributed by atoms with Crippen molar-refractivity contribution in [1.29, 1.82) is 0 Å². The van der Waals surface area contributed by atoms with E-state index in [0.29, 0.717) is 12.2 Å². The minimum absolute atomic E-state index is 0.0338. The second-order valence-electron chi connectivity index (χ2n) is 8.73. The molecule has 38 heavy (non-hydrogen) atoms. The summed E-state index contributed by atoms with van der Waals surface area (Å²) in [5.41, 5.74) is 2.88. The van der Waals surface area contributed by atoms with E-state index in [4.69, 9.17) is 4.74 Å². The zero-order chi connectivity index (χ0) is 26.9. The number of rotatable bonds is 12. The molecule has 0 aliphatic carbocycles. The number of carbonyl (C=O) groups excluding carboxylic acids is 1. The van der Waals surface area contributed by atoms with Crippen molar-refractivity contribution in [3.8, 4) is 5.75 Å². The zero-order valence-corrected chi connectivity index (χ0v) is 22.2. The maximum atomic E-state index is 12.7. The average molecular weight is 531 g/mol. The van der Waals surface area contributed by atoms with Crippen LogP contribution in [-0.4, -0.2) is 38.9 Å². The van der Waals surface area contributed by atoms with E-state index in [-0.39, 0.29) is 11.1 Å². The molecule has 4 aromatic rings. The van der Waals surface area contributed by atoms with Crippen LogP contribution in [0.4, 0.5) is 5.69 Å². The minimum atomic E-state index is -1.14. The molecule has 1 amide bonds. The van der Waals surface area contributed by atoms with Crippen LogP contribution >= 0.6 is 11.8 Å². The van der Waals surface area contributed by atoms with Crippen molar-refractivity contribution >= 4 is 29.3 Å². The van der Waals surface area contributed by atoms with Gasteiger partial charge in [-0.1, -0.05) is 61.5 Å². The smallest absolute Gasteiger partial charge is 0.336 e. The van der Waals surface area contributed by atoms with Crippen LogP contribution in [0, 0.1) is 0 Å². The quantitative estimate of drug-likeness (QED) is 0.219. The number of unbranched alkanes of at least 4 members (excludes halogenated alkanes) is 1. The molecule has 0 bridgehead atoms. The maximum absolute atomic E-state index is 12.7. The molecule has 0 atom stereocenters. The highest BCUT2D eigenvalue weighted by Crippen LogP contribution is 2.25. The highest BCUT2D eigenvalue weighted by atomic mass is 32.2. The number of carboxylic acids is 1. The summed E-state index contributed by atoms with van der Waals surface area (Å²) in [4.78, 5) is 24.1. The topological polar surface area (TPSA) is 106 Å². The fraction of sp³-hybridized carbons (Fsp3) is 0.241. The van der Waals surface area contributed by atoms with Crippen molar-refractivity contribution in [2.45, 2.75) is 43.6 Å². The largest absolute Gasteiger partial charge is 0.497 e. The molecule has 2 N–H and O–H groups in total. The number of ether oxygens (including phenoxy) is 1. The molecule has 0 fully saturated rings. The van der Waals surface area contributed by atoms with Gasteiger partial charge < -0.3 is 19.7 Å². The number of benzene rings is 3. The summed E-state index contributed by atoms with van der Waals surface area (Å²) in [5, 5.41) is 22.0. The molecule has 0 spiro atoms. The Morgan fingerprint density at radius 1 is 0.947 bits per heavy atom. The predicted molar refractivity (Wildman–Crippen MR) is 148 cm³/mol. The Morgan fingerprint density at radius 2 is 1.63 bits per heavy atom. The zero-order valence-electron chi connectivity index (χ0n) is 21.4. The van der Waals surface area contributed by atoms with E-state index in [1.165, 1.54) is 17.7 Å². The molecule has 4 rings (SSSR count). The van der Waals surface area contributed by atoms with Crippen LogP contribution in [0.15, 0.2) is 78.0 Å². The van der Waals surface area contributed by atoms with Gasteiger partial charge in [-0.05, 0) is 53.9 Å². The van der Waals surface area contributed by atoms with Crippen LogP contribution in [0.1, 0.15) is 57.4 Å². The summed E-state index contributed by atoms with van der Waals surface area (Å²) in [7, 11) is 1.66. The molecule has 196 valence electrons. The fourth-order valence-electron chi connectivity index (χ4n) is 3.92. The highest BCUT2D eigenvalue weighted by Gasteiger charge is 2.16. The fourth-order valence-corrected chi connectivity index (χ4v) is 4.83. The molecule has 0 saturated carbocycles. The third-order valence-corrected chi connectivity index (χ3v) is 7.07. The molecular formula is C29H30N4O4S. The number of anilines is 1. The SMILES string of the molecule is CCCCc1nnc(SCc2ccc(OC)cc2)n1Cc1ccc(NC(=O)c2ccccc2C(=O)O)cc1. The van der Waals surface area contributed by atoms with Crippen molar-refractivity contribution in [1.82, 2.24) is 14.8 Å². The van der Waals surface area contributed by atoms with E-state index in [9.17, 15) is 14.7 Å². The van der Waals surface area contributed by atoms with Crippen molar-refractivity contribution in [2.24, 2.45) is 0 Å². The van der Waals surface area contributed by atoms with Gasteiger partial charge >= 0.3 is 5.97 Å². The molecule has 8 nitrogen and oxygen atoms in total. The van der Waals surface area contributed by atoms with Gasteiger partial charge in [-0.3, -0.25) is 4.79 Å². The number of aromatic carboxylic acids is 1. The lowest BCUT2D eigenvalue weighted by molar-refractivity contribution is 0.0692. The van der Waals surface area contributed by atoms with Crippen molar-refractivity contribution < 1.29 is 19.4 Å². The second kappa shape index (κ2) is 12.9. The monoisotopic (exact) mass is 530 g/mol. The standard InChI is InChI=1S/C29H30N4O4S/c1-3-4-9-26-31-32-29(38-19-21-12-16-23(37-2)17-13-21)33(26)18-20-10-14-22(15-11-20)30-27(34)24-7-5-6-8-25(24)28(35)36/h5-8,10-17H,3-4,9,18-19H2,1-2H3,(H,30,34)(H,35,36). The number of aromatic nitrogens is 3. The number of carboxylic acid groups (broad SMARTS) is 1. The van der Waals surface area contributed by atoms with Crippen LogP contribution < -0.4 is 10.1 Å². The summed E-state index contributed by atoms with van der Waals surface area (Å²) in [6, 6.07) is 21.7. The first-order chi connectivity index (χ1) is 18.5. The minimum Gasteiger partial charge on any atom is -0.497 e. The van der Waals surface area contributed by atoms with Crippen LogP contribution in [-0.2, 0) is 18.7 Å². The van der Waals surface area contributed by atoms with Crippen LogP contribution in [0.3, 0.4) is 0 Å². The Morgan fingerprint density at radius 3 is 2.29 bits per heavy atom. The first kappa shape index (κ1) is 26.9. The van der Waals surface area contributed by atoms with Crippen molar-refractivity contribution in [2.75, 3.05) is 12.4 Å². The molecule has 0 unspecified atom stereocenters. The van der Waals surface area contributed by atoms with Crippen molar-refractivity contribution in [3.63, 3.8) is 0 Å². The number of thioether (sulfide) groups is 1. The first-order valence-electron chi connectivity index (χ1n) is 12.4. The molecule has 0 saturated heterocycles. The Kier molecular flexibility index (Phi) is 9.16. The number of amides is 1. The molecule has 0 aliphatic rings. The number of methoxy groups -OCH3 is 1. The van der Waals surface area contributed by atoms with Gasteiger partial charge in [-0.25, -0.2) is 4.79 Å². The second-order valence-corrected chi connectivity index (χ2v) is 9.67. The van der Waals surface area contributed by atoms with E-state index >= 15 is 0 Å². The van der Waals surface area contributed by atoms with E-state index in [0.717, 1.165) is 47.3 Å². The summed E-state index contributed by atoms with van der Waals surface area (Å²) in [6.07, 6.45) is 2.95. The summed E-state index contributed by atoms with van der Waals surface area (Å²) >= 11 is 1.64. The molecule has 1 heterocycles. The number of aryl methyl sites for hydroxylation is 1. The van der Waals surface area contributed by atoms with Crippen molar-refractivity contribution in [3.05, 3.63) is 101 Å². The highest BCUT2D eigenvalue weighted by molar-refractivity contribution is 7.98. The third-order valence-electron chi connectivity index (χ3n) is 6.03. The molecule has 1 aromatic heterocycles. The predicted octanol–water partition coefficient (Wildman–Crippen LogP) is 5.92. The van der Waals surface area contributed by atoms with Gasteiger partial charge in [0.05, 0.1) is 24.8 Å². The number of nitrogens with zero attached hydrogens (tertiary/aromatic N) is 3. The lowest BCUT2D eigenvalue weighted by atomic mass is 10.1. The van der Waals surface area contributed by atoms with Gasteiger partial charge in [-0.2, -0.15) is 0 Å². The van der Waals surface area contributed by atoms with E-state index in [2.05, 4.69) is 27.0 Å². The number of nitrogens with one attached hydrogen (secondary N) is 1. The van der Waals surface area contributed by atoms with Crippen LogP contribution in [0.5, 0.6) is 5.75 Å². The van der Waals surface area contributed by atoms with Gasteiger partial charge in [0.15, 0.2) is 5.16 Å². The van der Waals surface area contributed by atoms with Gasteiger partial charge in [0.1, 0.15) is 11.6 Å². The number of carbonyl (C=O) groups is 2. The normalized spacial score (nSPS) is 10.8. The third kappa shape index (κ3) is 6.80. The molecule has 0 radical (unpaired) electrons. The van der Waals surface area contributed by atoms with Gasteiger partial charge in [-0.15, -0.1) is 10.2 Å². The van der Waals surface area contributed by atoms with E-state index in [1.54, 1.807) is 31.0 Å². The van der Waals surface area contributed by atoms with Gasteiger partial charge in [0.2, 0.25) is 0 Å². The molecule has 0 aliphatic heterocycles. The maximum Gasteiger partial charge on any atom is 0.336 e. The molecular weight excluding hydrogens is 500 g/mol. The summed E-state index contributed by atoms with van der Waals surface area (Å²) in [5.74, 6) is 0.938. The number of hydrogen-bond acceptors (Lipinski definition) is 6. The lowest BCUT2D eigenvalue weighted by Crippen LogP contribution is -2.16. The average Bonchev–Trinajstić information content (AvgIpc) is 3.32. The summed E-state index contributed by atoms with van der Waals surface area (Å²) < 4.78 is 7.40. The summed E-state index contributed by atoms with van der Waals surface area (Å²) in [6.45, 7) is 2.76. The Labute approximate surface area is 226 Å². The van der Waals surface area contributed by atoms with Crippen LogP contribution in [0.25, 0.3) is 0 Å². The Hall–Kier alpha value is -4.11. The number of hydrogen-bond donors (Lipinski definition) is 2. The van der Waals surface area contributed by atoms with E-state index in [1.807, 2.05) is 48.5 Å². The molecule has 3 aromatic carbocycles. The lowest BCUT2D eigenvalue weighted by Gasteiger charge is -2.12. The Bertz CT molecular complexity index is 1380. The van der Waals surface area contributed by atoms with Crippen LogP contribution in [0.2, 0.25) is 0 Å².